The van der Waals surface area contributed by atoms with Gasteiger partial charge in [-0.3, -0.25) is 4.79 Å². The highest BCUT2D eigenvalue weighted by Gasteiger charge is 2.28. The van der Waals surface area contributed by atoms with Crippen molar-refractivity contribution in [2.45, 2.75) is 18.9 Å². The summed E-state index contributed by atoms with van der Waals surface area (Å²) in [6.07, 6.45) is 1.55. The van der Waals surface area contributed by atoms with E-state index in [1.807, 2.05) is 24.3 Å². The van der Waals surface area contributed by atoms with Gasteiger partial charge in [0.15, 0.2) is 0 Å². The first-order chi connectivity index (χ1) is 8.74. The Morgan fingerprint density at radius 1 is 1.44 bits per heavy atom. The standard InChI is InChI=1S/C13H18ClN3O/c14-10-4-1-2-5-11(10)17-9-3-8-16-13(18)12(17)6-7-15/h1-2,4-5,12H,3,6-9,15H2,(H,16,18). The smallest absolute Gasteiger partial charge is 0.242 e. The van der Waals surface area contributed by atoms with Crippen LogP contribution in [0.3, 0.4) is 0 Å². The quantitative estimate of drug-likeness (QED) is 0.870. The summed E-state index contributed by atoms with van der Waals surface area (Å²) in [5.74, 6) is 0.0397. The van der Waals surface area contributed by atoms with Crippen LogP contribution < -0.4 is 16.0 Å². The third kappa shape index (κ3) is 2.76. The third-order valence-corrected chi connectivity index (χ3v) is 3.48. The summed E-state index contributed by atoms with van der Waals surface area (Å²) < 4.78 is 0. The minimum absolute atomic E-state index is 0.0397. The van der Waals surface area contributed by atoms with Crippen LogP contribution in [0, 0.1) is 0 Å². The molecule has 5 heteroatoms. The maximum Gasteiger partial charge on any atom is 0.242 e. The van der Waals surface area contributed by atoms with Gasteiger partial charge in [-0.15, -0.1) is 0 Å². The van der Waals surface area contributed by atoms with Crippen molar-refractivity contribution in [1.82, 2.24) is 5.32 Å². The van der Waals surface area contributed by atoms with E-state index in [4.69, 9.17) is 17.3 Å². The monoisotopic (exact) mass is 267 g/mol. The van der Waals surface area contributed by atoms with Crippen LogP contribution in [0.1, 0.15) is 12.8 Å². The maximum absolute atomic E-state index is 12.0. The lowest BCUT2D eigenvalue weighted by Gasteiger charge is -2.30. The zero-order valence-corrected chi connectivity index (χ0v) is 11.0. The van der Waals surface area contributed by atoms with Crippen molar-refractivity contribution in [1.29, 1.82) is 0 Å². The summed E-state index contributed by atoms with van der Waals surface area (Å²) in [7, 11) is 0. The minimum atomic E-state index is -0.225. The molecule has 0 saturated carbocycles. The molecule has 1 atom stereocenters. The molecular formula is C13H18ClN3O. The Morgan fingerprint density at radius 2 is 2.22 bits per heavy atom. The average molecular weight is 268 g/mol. The molecule has 0 spiro atoms. The Hall–Kier alpha value is -1.26. The van der Waals surface area contributed by atoms with Crippen molar-refractivity contribution in [3.05, 3.63) is 29.3 Å². The molecule has 0 bridgehead atoms. The lowest BCUT2D eigenvalue weighted by atomic mass is 10.1. The minimum Gasteiger partial charge on any atom is -0.358 e. The number of carbonyl (C=O) groups excluding carboxylic acids is 1. The highest BCUT2D eigenvalue weighted by molar-refractivity contribution is 6.33. The van der Waals surface area contributed by atoms with Crippen LogP contribution in [0.2, 0.25) is 5.02 Å². The van der Waals surface area contributed by atoms with E-state index < -0.39 is 0 Å². The molecule has 3 N–H and O–H groups in total. The van der Waals surface area contributed by atoms with E-state index >= 15 is 0 Å². The zero-order valence-electron chi connectivity index (χ0n) is 10.2. The largest absolute Gasteiger partial charge is 0.358 e. The first-order valence-electron chi connectivity index (χ1n) is 6.23. The van der Waals surface area contributed by atoms with Crippen LogP contribution >= 0.6 is 11.6 Å². The topological polar surface area (TPSA) is 58.4 Å². The summed E-state index contributed by atoms with van der Waals surface area (Å²) in [5.41, 5.74) is 6.52. The number of nitrogens with one attached hydrogen (secondary N) is 1. The molecule has 0 aliphatic carbocycles. The van der Waals surface area contributed by atoms with Crippen LogP contribution in [-0.2, 0) is 4.79 Å². The molecule has 18 heavy (non-hydrogen) atoms. The van der Waals surface area contributed by atoms with Gasteiger partial charge in [-0.2, -0.15) is 0 Å². The molecule has 1 saturated heterocycles. The van der Waals surface area contributed by atoms with Crippen LogP contribution in [0.15, 0.2) is 24.3 Å². The van der Waals surface area contributed by atoms with Crippen molar-refractivity contribution in [2.75, 3.05) is 24.5 Å². The van der Waals surface area contributed by atoms with Crippen molar-refractivity contribution in [3.8, 4) is 0 Å². The fraction of sp³-hybridized carbons (Fsp3) is 0.462. The van der Waals surface area contributed by atoms with Gasteiger partial charge in [0.25, 0.3) is 0 Å². The normalized spacial score (nSPS) is 20.4. The van der Waals surface area contributed by atoms with E-state index in [2.05, 4.69) is 10.2 Å². The molecule has 1 amide bonds. The molecule has 1 aromatic carbocycles. The molecule has 2 rings (SSSR count). The maximum atomic E-state index is 12.0. The van der Waals surface area contributed by atoms with Gasteiger partial charge in [0.1, 0.15) is 6.04 Å². The lowest BCUT2D eigenvalue weighted by molar-refractivity contribution is -0.122. The summed E-state index contributed by atoms with van der Waals surface area (Å²) in [4.78, 5) is 14.1. The molecule has 1 aromatic rings. The van der Waals surface area contributed by atoms with E-state index in [-0.39, 0.29) is 11.9 Å². The Balaban J connectivity index is 2.32. The highest BCUT2D eigenvalue weighted by Crippen LogP contribution is 2.28. The Labute approximate surface area is 112 Å². The van der Waals surface area contributed by atoms with Gasteiger partial charge in [-0.25, -0.2) is 0 Å². The lowest BCUT2D eigenvalue weighted by Crippen LogP contribution is -2.45. The van der Waals surface area contributed by atoms with Gasteiger partial charge in [-0.1, -0.05) is 23.7 Å². The van der Waals surface area contributed by atoms with Crippen LogP contribution in [-0.4, -0.2) is 31.6 Å². The van der Waals surface area contributed by atoms with Crippen molar-refractivity contribution < 1.29 is 4.79 Å². The Bertz CT molecular complexity index is 424. The van der Waals surface area contributed by atoms with Gasteiger partial charge < -0.3 is 16.0 Å². The highest BCUT2D eigenvalue weighted by atomic mass is 35.5. The molecule has 1 aliphatic rings. The van der Waals surface area contributed by atoms with E-state index in [0.29, 0.717) is 24.5 Å². The molecule has 98 valence electrons. The summed E-state index contributed by atoms with van der Waals surface area (Å²) >= 11 is 6.22. The number of nitrogens with two attached hydrogens (primary N) is 1. The number of para-hydroxylation sites is 1. The van der Waals surface area contributed by atoms with Crippen molar-refractivity contribution in [2.24, 2.45) is 5.73 Å². The van der Waals surface area contributed by atoms with Gasteiger partial charge in [0.05, 0.1) is 10.7 Å². The first kappa shape index (κ1) is 13.2. The summed E-state index contributed by atoms with van der Waals surface area (Å²) in [6.45, 7) is 2.01. The number of carbonyl (C=O) groups is 1. The van der Waals surface area contributed by atoms with Crippen LogP contribution in [0.25, 0.3) is 0 Å². The molecular weight excluding hydrogens is 250 g/mol. The van der Waals surface area contributed by atoms with Crippen molar-refractivity contribution in [3.63, 3.8) is 0 Å². The molecule has 1 unspecified atom stereocenters. The average Bonchev–Trinajstić information content (AvgIpc) is 2.54. The van der Waals surface area contributed by atoms with Gasteiger partial charge >= 0.3 is 0 Å². The number of amides is 1. The van der Waals surface area contributed by atoms with E-state index in [1.165, 1.54) is 0 Å². The van der Waals surface area contributed by atoms with E-state index in [1.54, 1.807) is 0 Å². The number of benzene rings is 1. The number of anilines is 1. The third-order valence-electron chi connectivity index (χ3n) is 3.16. The fourth-order valence-corrected chi connectivity index (χ4v) is 2.54. The van der Waals surface area contributed by atoms with E-state index in [9.17, 15) is 4.79 Å². The van der Waals surface area contributed by atoms with Gasteiger partial charge in [0, 0.05) is 13.1 Å². The SMILES string of the molecule is NCCC1C(=O)NCCCN1c1ccccc1Cl. The second-order valence-electron chi connectivity index (χ2n) is 4.38. The number of hydrogen-bond donors (Lipinski definition) is 2. The van der Waals surface area contributed by atoms with Crippen molar-refractivity contribution >= 4 is 23.2 Å². The van der Waals surface area contributed by atoms with Crippen LogP contribution in [0.4, 0.5) is 5.69 Å². The molecule has 1 aliphatic heterocycles. The molecule has 0 aromatic heterocycles. The summed E-state index contributed by atoms with van der Waals surface area (Å²) in [5, 5.41) is 3.59. The Morgan fingerprint density at radius 3 is 2.94 bits per heavy atom. The number of nitrogens with zero attached hydrogens (tertiary/aromatic N) is 1. The van der Waals surface area contributed by atoms with Gasteiger partial charge in [0.2, 0.25) is 5.91 Å². The number of halogens is 1. The fourth-order valence-electron chi connectivity index (χ4n) is 2.29. The number of hydrogen-bond acceptors (Lipinski definition) is 3. The zero-order chi connectivity index (χ0) is 13.0. The molecule has 1 fully saturated rings. The second-order valence-corrected chi connectivity index (χ2v) is 4.79. The second kappa shape index (κ2) is 6.07. The Kier molecular flexibility index (Phi) is 4.44. The van der Waals surface area contributed by atoms with Gasteiger partial charge in [-0.05, 0) is 31.5 Å². The van der Waals surface area contributed by atoms with E-state index in [0.717, 1.165) is 18.7 Å². The predicted molar refractivity (Wildman–Crippen MR) is 73.9 cm³/mol. The number of rotatable bonds is 3. The predicted octanol–water partition coefficient (Wildman–Crippen LogP) is 1.38. The van der Waals surface area contributed by atoms with Crippen LogP contribution in [0.5, 0.6) is 0 Å². The molecule has 1 heterocycles. The first-order valence-corrected chi connectivity index (χ1v) is 6.61. The summed E-state index contributed by atoms with van der Waals surface area (Å²) in [6, 6.07) is 7.40. The molecule has 0 radical (unpaired) electrons. The molecule has 4 nitrogen and oxygen atoms in total.